The SMILES string of the molecule is Cc1ccc(NC(=O)COC(=O)C2=NN(C)C(=O)CC2)cc1S(N)(=O)=O. The third kappa shape index (κ3) is 4.86. The number of sulfonamides is 1. The first-order valence-corrected chi connectivity index (χ1v) is 9.07. The average Bonchev–Trinajstić information content (AvgIpc) is 2.56. The molecule has 1 aliphatic heterocycles. The largest absolute Gasteiger partial charge is 0.451 e. The lowest BCUT2D eigenvalue weighted by atomic mass is 10.2. The number of nitrogens with zero attached hydrogens (tertiary/aromatic N) is 2. The van der Waals surface area contributed by atoms with Crippen molar-refractivity contribution in [2.45, 2.75) is 24.7 Å². The molecule has 0 aliphatic carbocycles. The molecule has 1 heterocycles. The van der Waals surface area contributed by atoms with Crippen molar-refractivity contribution in [1.29, 1.82) is 0 Å². The molecule has 3 N–H and O–H groups in total. The number of hydrogen-bond acceptors (Lipinski definition) is 7. The number of carbonyl (C=O) groups excluding carboxylic acids is 3. The second-order valence-electron chi connectivity index (χ2n) is 5.61. The van der Waals surface area contributed by atoms with E-state index in [0.29, 0.717) is 5.56 Å². The van der Waals surface area contributed by atoms with E-state index in [0.717, 1.165) is 5.01 Å². The van der Waals surface area contributed by atoms with E-state index in [-0.39, 0.29) is 35.0 Å². The van der Waals surface area contributed by atoms with Crippen LogP contribution in [-0.4, -0.2) is 50.6 Å². The monoisotopic (exact) mass is 382 g/mol. The van der Waals surface area contributed by atoms with Gasteiger partial charge in [-0.15, -0.1) is 0 Å². The minimum Gasteiger partial charge on any atom is -0.451 e. The van der Waals surface area contributed by atoms with Crippen LogP contribution in [0.3, 0.4) is 0 Å². The fraction of sp³-hybridized carbons (Fsp3) is 0.333. The van der Waals surface area contributed by atoms with E-state index in [1.165, 1.54) is 25.2 Å². The molecule has 2 amide bonds. The van der Waals surface area contributed by atoms with E-state index < -0.39 is 28.5 Å². The van der Waals surface area contributed by atoms with Crippen molar-refractivity contribution in [3.63, 3.8) is 0 Å². The van der Waals surface area contributed by atoms with Crippen LogP contribution in [0.2, 0.25) is 0 Å². The number of benzene rings is 1. The number of hydrazone groups is 1. The lowest BCUT2D eigenvalue weighted by Crippen LogP contribution is -2.33. The summed E-state index contributed by atoms with van der Waals surface area (Å²) in [5.74, 6) is -1.68. The molecule has 11 heteroatoms. The van der Waals surface area contributed by atoms with Gasteiger partial charge in [-0.3, -0.25) is 9.59 Å². The van der Waals surface area contributed by atoms with Crippen LogP contribution in [0.25, 0.3) is 0 Å². The Bertz CT molecular complexity index is 893. The first kappa shape index (κ1) is 19.5. The molecule has 0 bridgehead atoms. The summed E-state index contributed by atoms with van der Waals surface area (Å²) in [6.45, 7) is 0.980. The zero-order chi connectivity index (χ0) is 19.5. The molecule has 2 rings (SSSR count). The molecule has 0 fully saturated rings. The first-order valence-electron chi connectivity index (χ1n) is 7.52. The number of primary sulfonamides is 1. The predicted octanol–water partition coefficient (Wildman–Crippen LogP) is -0.268. The van der Waals surface area contributed by atoms with Gasteiger partial charge in [-0.1, -0.05) is 6.07 Å². The minimum atomic E-state index is -3.93. The van der Waals surface area contributed by atoms with Crippen LogP contribution in [0.4, 0.5) is 5.69 Å². The Kier molecular flexibility index (Phi) is 5.73. The number of carbonyl (C=O) groups is 3. The predicted molar refractivity (Wildman–Crippen MR) is 91.6 cm³/mol. The summed E-state index contributed by atoms with van der Waals surface area (Å²) in [5, 5.41) is 12.4. The normalized spacial score (nSPS) is 14.7. The van der Waals surface area contributed by atoms with Gasteiger partial charge in [0.2, 0.25) is 15.9 Å². The maximum Gasteiger partial charge on any atom is 0.355 e. The van der Waals surface area contributed by atoms with Crippen LogP contribution in [0.1, 0.15) is 18.4 Å². The fourth-order valence-corrected chi connectivity index (χ4v) is 3.02. The maximum atomic E-state index is 11.9. The maximum absolute atomic E-state index is 11.9. The highest BCUT2D eigenvalue weighted by atomic mass is 32.2. The van der Waals surface area contributed by atoms with Crippen molar-refractivity contribution < 1.29 is 27.5 Å². The van der Waals surface area contributed by atoms with Crippen molar-refractivity contribution in [2.24, 2.45) is 10.2 Å². The molecule has 26 heavy (non-hydrogen) atoms. The molecule has 0 saturated carbocycles. The highest BCUT2D eigenvalue weighted by Crippen LogP contribution is 2.19. The van der Waals surface area contributed by atoms with Gasteiger partial charge in [-0.25, -0.2) is 23.4 Å². The Morgan fingerprint density at radius 2 is 2.04 bits per heavy atom. The molecule has 0 spiro atoms. The van der Waals surface area contributed by atoms with Crippen LogP contribution >= 0.6 is 0 Å². The number of amides is 2. The molecule has 10 nitrogen and oxygen atoms in total. The van der Waals surface area contributed by atoms with E-state index in [1.807, 2.05) is 0 Å². The molecule has 0 unspecified atom stereocenters. The summed E-state index contributed by atoms with van der Waals surface area (Å²) in [6, 6.07) is 4.21. The Labute approximate surface area is 150 Å². The summed E-state index contributed by atoms with van der Waals surface area (Å²) in [6.07, 6.45) is 0.273. The summed E-state index contributed by atoms with van der Waals surface area (Å²) in [4.78, 5) is 34.9. The van der Waals surface area contributed by atoms with Gasteiger partial charge in [0.15, 0.2) is 6.61 Å². The van der Waals surface area contributed by atoms with Crippen molar-refractivity contribution in [2.75, 3.05) is 19.0 Å². The van der Waals surface area contributed by atoms with Crippen molar-refractivity contribution in [3.05, 3.63) is 23.8 Å². The lowest BCUT2D eigenvalue weighted by molar-refractivity contribution is -0.141. The van der Waals surface area contributed by atoms with E-state index in [1.54, 1.807) is 6.92 Å². The third-order valence-electron chi connectivity index (χ3n) is 3.56. The standard InChI is InChI=1S/C15H18N4O6S/c1-9-3-4-10(7-12(9)26(16,23)24)17-13(20)8-25-15(22)11-5-6-14(21)19(2)18-11/h3-4,7H,5-6,8H2,1-2H3,(H,17,20)(H2,16,23,24). The zero-order valence-corrected chi connectivity index (χ0v) is 15.0. The van der Waals surface area contributed by atoms with Gasteiger partial charge in [0.25, 0.3) is 5.91 Å². The zero-order valence-electron chi connectivity index (χ0n) is 14.2. The highest BCUT2D eigenvalue weighted by Gasteiger charge is 2.23. The van der Waals surface area contributed by atoms with Gasteiger partial charge < -0.3 is 10.1 Å². The number of hydrogen-bond donors (Lipinski definition) is 2. The molecular formula is C15H18N4O6S. The molecule has 0 aromatic heterocycles. The van der Waals surface area contributed by atoms with Crippen LogP contribution < -0.4 is 10.5 Å². The van der Waals surface area contributed by atoms with Crippen molar-refractivity contribution in [1.82, 2.24) is 5.01 Å². The minimum absolute atomic E-state index is 0.0479. The molecule has 1 aromatic carbocycles. The number of ether oxygens (including phenoxy) is 1. The van der Waals surface area contributed by atoms with Crippen molar-refractivity contribution in [3.8, 4) is 0 Å². The number of rotatable bonds is 5. The third-order valence-corrected chi connectivity index (χ3v) is 4.61. The van der Waals surface area contributed by atoms with Crippen LogP contribution in [0.5, 0.6) is 0 Å². The molecule has 0 atom stereocenters. The fourth-order valence-electron chi connectivity index (χ4n) is 2.21. The second kappa shape index (κ2) is 7.62. The number of anilines is 1. The number of aryl methyl sites for hydroxylation is 1. The molecule has 140 valence electrons. The first-order chi connectivity index (χ1) is 12.1. The molecule has 0 saturated heterocycles. The Morgan fingerprint density at radius 3 is 2.65 bits per heavy atom. The van der Waals surface area contributed by atoms with Crippen LogP contribution in [0, 0.1) is 6.92 Å². The second-order valence-corrected chi connectivity index (χ2v) is 7.14. The molecule has 1 aromatic rings. The average molecular weight is 382 g/mol. The Balaban J connectivity index is 1.96. The summed E-state index contributed by atoms with van der Waals surface area (Å²) < 4.78 is 27.8. The number of esters is 1. The quantitative estimate of drug-likeness (QED) is 0.670. The van der Waals surface area contributed by atoms with Gasteiger partial charge in [-0.2, -0.15) is 5.10 Å². The van der Waals surface area contributed by atoms with Crippen LogP contribution in [0.15, 0.2) is 28.2 Å². The summed E-state index contributed by atoms with van der Waals surface area (Å²) in [7, 11) is -2.51. The lowest BCUT2D eigenvalue weighted by Gasteiger charge is -2.18. The summed E-state index contributed by atoms with van der Waals surface area (Å²) >= 11 is 0. The van der Waals surface area contributed by atoms with E-state index in [4.69, 9.17) is 9.88 Å². The van der Waals surface area contributed by atoms with Gasteiger partial charge in [0, 0.05) is 25.6 Å². The highest BCUT2D eigenvalue weighted by molar-refractivity contribution is 7.89. The van der Waals surface area contributed by atoms with E-state index in [2.05, 4.69) is 10.4 Å². The van der Waals surface area contributed by atoms with Crippen molar-refractivity contribution >= 4 is 39.2 Å². The van der Waals surface area contributed by atoms with Crippen LogP contribution in [-0.2, 0) is 29.1 Å². The summed E-state index contributed by atoms with van der Waals surface area (Å²) in [5.41, 5.74) is 0.679. The molecule has 0 radical (unpaired) electrons. The Hall–Kier alpha value is -2.79. The smallest absolute Gasteiger partial charge is 0.355 e. The molecular weight excluding hydrogens is 364 g/mol. The molecule has 1 aliphatic rings. The van der Waals surface area contributed by atoms with E-state index >= 15 is 0 Å². The van der Waals surface area contributed by atoms with Gasteiger partial charge >= 0.3 is 5.97 Å². The number of nitrogens with one attached hydrogen (secondary N) is 1. The topological polar surface area (TPSA) is 148 Å². The van der Waals surface area contributed by atoms with Gasteiger partial charge in [-0.05, 0) is 24.6 Å². The van der Waals surface area contributed by atoms with Gasteiger partial charge in [0.1, 0.15) is 5.71 Å². The van der Waals surface area contributed by atoms with Gasteiger partial charge in [0.05, 0.1) is 4.90 Å². The Morgan fingerprint density at radius 1 is 1.35 bits per heavy atom. The number of nitrogens with two attached hydrogens (primary N) is 1. The van der Waals surface area contributed by atoms with E-state index in [9.17, 15) is 22.8 Å².